The first-order valence-corrected chi connectivity index (χ1v) is 9.09. The number of aryl methyl sites for hydroxylation is 1. The van der Waals surface area contributed by atoms with Crippen molar-refractivity contribution in [2.24, 2.45) is 0 Å². The zero-order valence-corrected chi connectivity index (χ0v) is 16.2. The number of carbonyl (C=O) groups excluding carboxylic acids is 1. The zero-order chi connectivity index (χ0) is 21.3. The van der Waals surface area contributed by atoms with E-state index in [2.05, 4.69) is 4.57 Å². The quantitative estimate of drug-likeness (QED) is 0.431. The first-order valence-electron chi connectivity index (χ1n) is 9.09. The molecule has 5 nitrogen and oxygen atoms in total. The molecule has 0 aliphatic heterocycles. The predicted octanol–water partition coefficient (Wildman–Crippen LogP) is 4.90. The van der Waals surface area contributed by atoms with E-state index < -0.39 is 17.4 Å². The van der Waals surface area contributed by atoms with Crippen LogP contribution < -0.4 is 10.4 Å². The molecule has 0 fully saturated rings. The highest BCUT2D eigenvalue weighted by molar-refractivity contribution is 5.98. The first-order chi connectivity index (χ1) is 13.6. The summed E-state index contributed by atoms with van der Waals surface area (Å²) in [7, 11) is 0. The Bertz CT molecular complexity index is 1130. The van der Waals surface area contributed by atoms with Crippen molar-refractivity contribution in [2.45, 2.75) is 39.9 Å². The molecule has 2 heterocycles. The lowest BCUT2D eigenvalue weighted by Crippen LogP contribution is -2.13. The number of hydrogen-bond donors (Lipinski definition) is 0. The summed E-state index contributed by atoms with van der Waals surface area (Å²) in [5, 5.41) is -0.251. The number of aromatic nitrogens is 1. The molecule has 3 rings (SSSR count). The maximum Gasteiger partial charge on any atom is 0.417 e. The molecule has 0 N–H and O–H groups in total. The molecule has 0 saturated heterocycles. The molecule has 0 aliphatic carbocycles. The minimum atomic E-state index is -4.69. The number of ketones is 1. The number of alkyl halides is 3. The number of benzene rings is 1. The van der Waals surface area contributed by atoms with Gasteiger partial charge in [0.25, 0.3) is 0 Å². The van der Waals surface area contributed by atoms with E-state index in [0.717, 1.165) is 30.4 Å². The molecule has 3 aromatic rings. The summed E-state index contributed by atoms with van der Waals surface area (Å²) < 4.78 is 51.7. The minimum Gasteiger partial charge on any atom is -0.485 e. The van der Waals surface area contributed by atoms with Crippen molar-refractivity contribution in [3.63, 3.8) is 0 Å². The maximum atomic E-state index is 13.1. The standard InChI is InChI=1S/C21H20F3NO4/c1-4-7-25-12(2)8-16(13(25)3)18(26)11-28-14-5-6-15-17(21(22,23)24)10-20(27)29-19(15)9-14/h5-6,8-10H,4,7,11H2,1-3H3. The third-order valence-corrected chi connectivity index (χ3v) is 4.71. The molecule has 29 heavy (non-hydrogen) atoms. The highest BCUT2D eigenvalue weighted by Gasteiger charge is 2.33. The van der Waals surface area contributed by atoms with Crippen LogP contribution in [0.4, 0.5) is 13.2 Å². The minimum absolute atomic E-state index is 0.135. The van der Waals surface area contributed by atoms with Gasteiger partial charge in [0, 0.05) is 41.0 Å². The third kappa shape index (κ3) is 4.21. The maximum absolute atomic E-state index is 13.1. The van der Waals surface area contributed by atoms with Gasteiger partial charge in [0.15, 0.2) is 6.61 Å². The van der Waals surface area contributed by atoms with Crippen LogP contribution in [0.1, 0.15) is 40.7 Å². The Balaban J connectivity index is 1.84. The van der Waals surface area contributed by atoms with Gasteiger partial charge >= 0.3 is 11.8 Å². The Labute approximate surface area is 164 Å². The fraction of sp³-hybridized carbons (Fsp3) is 0.333. The Morgan fingerprint density at radius 1 is 1.17 bits per heavy atom. The number of carbonyl (C=O) groups is 1. The second kappa shape index (κ2) is 7.77. The van der Waals surface area contributed by atoms with Gasteiger partial charge in [0.05, 0.1) is 5.56 Å². The van der Waals surface area contributed by atoms with Crippen LogP contribution in [0.3, 0.4) is 0 Å². The van der Waals surface area contributed by atoms with E-state index in [9.17, 15) is 22.8 Å². The van der Waals surface area contributed by atoms with Gasteiger partial charge < -0.3 is 13.7 Å². The average molecular weight is 407 g/mol. The van der Waals surface area contributed by atoms with E-state index in [1.54, 1.807) is 6.07 Å². The number of fused-ring (bicyclic) bond motifs is 1. The highest BCUT2D eigenvalue weighted by Crippen LogP contribution is 2.34. The summed E-state index contributed by atoms with van der Waals surface area (Å²) >= 11 is 0. The summed E-state index contributed by atoms with van der Waals surface area (Å²) in [5.74, 6) is -0.110. The zero-order valence-electron chi connectivity index (χ0n) is 16.2. The molecule has 1 aromatic carbocycles. The molecule has 0 unspecified atom stereocenters. The lowest BCUT2D eigenvalue weighted by Gasteiger charge is -2.11. The fourth-order valence-corrected chi connectivity index (χ4v) is 3.35. The fourth-order valence-electron chi connectivity index (χ4n) is 3.35. The number of hydrogen-bond acceptors (Lipinski definition) is 4. The topological polar surface area (TPSA) is 61.4 Å². The number of nitrogens with zero attached hydrogens (tertiary/aromatic N) is 1. The molecule has 0 aliphatic rings. The van der Waals surface area contributed by atoms with Gasteiger partial charge in [-0.1, -0.05) is 6.92 Å². The lowest BCUT2D eigenvalue weighted by molar-refractivity contribution is -0.136. The normalized spacial score (nSPS) is 11.8. The number of ether oxygens (including phenoxy) is 1. The van der Waals surface area contributed by atoms with Crippen LogP contribution in [0, 0.1) is 13.8 Å². The van der Waals surface area contributed by atoms with Crippen LogP contribution in [0.15, 0.2) is 39.5 Å². The molecule has 0 atom stereocenters. The van der Waals surface area contributed by atoms with Gasteiger partial charge in [0.2, 0.25) is 5.78 Å². The molecule has 154 valence electrons. The Hall–Kier alpha value is -3.03. The summed E-state index contributed by atoms with van der Waals surface area (Å²) in [4.78, 5) is 24.0. The first kappa shape index (κ1) is 20.7. The van der Waals surface area contributed by atoms with E-state index >= 15 is 0 Å². The number of halogens is 3. The van der Waals surface area contributed by atoms with Crippen LogP contribution in [0.25, 0.3) is 11.0 Å². The van der Waals surface area contributed by atoms with Gasteiger partial charge in [-0.3, -0.25) is 4.79 Å². The van der Waals surface area contributed by atoms with Crippen molar-refractivity contribution >= 4 is 16.8 Å². The van der Waals surface area contributed by atoms with Gasteiger partial charge in [-0.15, -0.1) is 0 Å². The molecule has 2 aromatic heterocycles. The highest BCUT2D eigenvalue weighted by atomic mass is 19.4. The van der Waals surface area contributed by atoms with Crippen molar-refractivity contribution in [1.29, 1.82) is 0 Å². The smallest absolute Gasteiger partial charge is 0.417 e. The summed E-state index contributed by atoms with van der Waals surface area (Å²) in [6, 6.07) is 5.86. The second-order valence-electron chi connectivity index (χ2n) is 6.78. The van der Waals surface area contributed by atoms with Crippen molar-refractivity contribution < 1.29 is 27.1 Å². The molecular formula is C21H20F3NO4. The van der Waals surface area contributed by atoms with E-state index in [4.69, 9.17) is 9.15 Å². The second-order valence-corrected chi connectivity index (χ2v) is 6.78. The van der Waals surface area contributed by atoms with E-state index in [-0.39, 0.29) is 29.1 Å². The Kier molecular flexibility index (Phi) is 5.55. The number of Topliss-reactive ketones (excluding diaryl/α,β-unsaturated/α-hetero) is 1. The van der Waals surface area contributed by atoms with Crippen LogP contribution in [-0.2, 0) is 12.7 Å². The van der Waals surface area contributed by atoms with E-state index in [0.29, 0.717) is 11.6 Å². The lowest BCUT2D eigenvalue weighted by atomic mass is 10.1. The van der Waals surface area contributed by atoms with Gasteiger partial charge in [-0.25, -0.2) is 4.79 Å². The molecule has 0 radical (unpaired) electrons. The summed E-state index contributed by atoms with van der Waals surface area (Å²) in [6.07, 6.45) is -3.75. The van der Waals surface area contributed by atoms with Crippen molar-refractivity contribution in [3.05, 3.63) is 63.3 Å². The van der Waals surface area contributed by atoms with Crippen molar-refractivity contribution in [3.8, 4) is 5.75 Å². The molecule has 0 saturated carbocycles. The monoisotopic (exact) mass is 407 g/mol. The Morgan fingerprint density at radius 3 is 2.55 bits per heavy atom. The van der Waals surface area contributed by atoms with Crippen molar-refractivity contribution in [2.75, 3.05) is 6.61 Å². The van der Waals surface area contributed by atoms with Gasteiger partial charge in [-0.05, 0) is 38.5 Å². The summed E-state index contributed by atoms with van der Waals surface area (Å²) in [6.45, 7) is 6.34. The molecule has 0 spiro atoms. The van der Waals surface area contributed by atoms with E-state index in [1.807, 2.05) is 20.8 Å². The molecule has 0 bridgehead atoms. The van der Waals surface area contributed by atoms with Crippen LogP contribution in [0.2, 0.25) is 0 Å². The van der Waals surface area contributed by atoms with Gasteiger partial charge in [0.1, 0.15) is 11.3 Å². The Morgan fingerprint density at radius 2 is 1.90 bits per heavy atom. The van der Waals surface area contributed by atoms with Crippen LogP contribution >= 0.6 is 0 Å². The average Bonchev–Trinajstić information content (AvgIpc) is 2.93. The molecular weight excluding hydrogens is 387 g/mol. The van der Waals surface area contributed by atoms with Crippen molar-refractivity contribution in [1.82, 2.24) is 4.57 Å². The van der Waals surface area contributed by atoms with Crippen LogP contribution in [-0.4, -0.2) is 17.0 Å². The SMILES string of the molecule is CCCn1c(C)cc(C(=O)COc2ccc3c(C(F)(F)F)cc(=O)oc3c2)c1C. The predicted molar refractivity (Wildman–Crippen MR) is 102 cm³/mol. The van der Waals surface area contributed by atoms with Crippen LogP contribution in [0.5, 0.6) is 5.75 Å². The largest absolute Gasteiger partial charge is 0.485 e. The number of rotatable bonds is 6. The van der Waals surface area contributed by atoms with Gasteiger partial charge in [-0.2, -0.15) is 13.2 Å². The molecule has 0 amide bonds. The van der Waals surface area contributed by atoms with E-state index in [1.165, 1.54) is 12.1 Å². The molecule has 8 heteroatoms. The third-order valence-electron chi connectivity index (χ3n) is 4.71. The summed E-state index contributed by atoms with van der Waals surface area (Å²) in [5.41, 5.74) is -0.0770.